The lowest BCUT2D eigenvalue weighted by atomic mass is 9.54. The van der Waals surface area contributed by atoms with Gasteiger partial charge in [0.15, 0.2) is 0 Å². The first-order valence-corrected chi connectivity index (χ1v) is 6.23. The molecule has 1 aliphatic carbocycles. The predicted molar refractivity (Wildman–Crippen MR) is 66.5 cm³/mol. The van der Waals surface area contributed by atoms with Gasteiger partial charge >= 0.3 is 0 Å². The van der Waals surface area contributed by atoms with Gasteiger partial charge in [0.05, 0.1) is 0 Å². The first kappa shape index (κ1) is 14.0. The first-order chi connectivity index (χ1) is 6.23. The summed E-state index contributed by atoms with van der Waals surface area (Å²) in [4.78, 5) is 0. The number of hydrogen-bond acceptors (Lipinski definition) is 0. The quantitative estimate of drug-likeness (QED) is 0.506. The smallest absolute Gasteiger partial charge is 0.0332 e. The molecular formula is C14H30. The molecule has 1 saturated carbocycles. The molecule has 0 aromatic carbocycles. The van der Waals surface area contributed by atoms with Gasteiger partial charge in [0.1, 0.15) is 0 Å². The Balaban J connectivity index is 0.000000791. The fraction of sp³-hybridized carbons (Fsp3) is 1.00. The van der Waals surface area contributed by atoms with Gasteiger partial charge < -0.3 is 0 Å². The van der Waals surface area contributed by atoms with Gasteiger partial charge in [-0.05, 0) is 35.5 Å². The van der Waals surface area contributed by atoms with E-state index in [1.807, 2.05) is 13.8 Å². The summed E-state index contributed by atoms with van der Waals surface area (Å²) in [5, 5.41) is 0. The molecule has 0 spiro atoms. The second kappa shape index (κ2) is 4.68. The van der Waals surface area contributed by atoms with Crippen LogP contribution in [0, 0.1) is 22.7 Å². The summed E-state index contributed by atoms with van der Waals surface area (Å²) in [6.45, 7) is 18.3. The van der Waals surface area contributed by atoms with Crippen molar-refractivity contribution in [2.24, 2.45) is 22.7 Å². The minimum atomic E-state index is 0.524. The highest BCUT2D eigenvalue weighted by Crippen LogP contribution is 2.53. The maximum atomic E-state index is 2.38. The molecule has 0 heterocycles. The Labute approximate surface area is 91.5 Å². The second-order valence-corrected chi connectivity index (χ2v) is 6.52. The van der Waals surface area contributed by atoms with Gasteiger partial charge in [-0.25, -0.2) is 0 Å². The van der Waals surface area contributed by atoms with Gasteiger partial charge in [-0.3, -0.25) is 0 Å². The lowest BCUT2D eigenvalue weighted by molar-refractivity contribution is -0.0163. The predicted octanol–water partition coefficient (Wildman–Crippen LogP) is 5.13. The molecule has 0 amide bonds. The molecule has 0 radical (unpaired) electrons. The number of rotatable bonds is 0. The Bertz CT molecular complexity index is 134. The summed E-state index contributed by atoms with van der Waals surface area (Å²) >= 11 is 0. The Hall–Kier alpha value is 0. The summed E-state index contributed by atoms with van der Waals surface area (Å²) in [5.41, 5.74) is 1.05. The van der Waals surface area contributed by atoms with Crippen LogP contribution in [0.15, 0.2) is 0 Å². The lowest BCUT2D eigenvalue weighted by Gasteiger charge is -2.51. The van der Waals surface area contributed by atoms with E-state index in [9.17, 15) is 0 Å². The first-order valence-electron chi connectivity index (χ1n) is 6.23. The van der Waals surface area contributed by atoms with Crippen molar-refractivity contribution in [3.05, 3.63) is 0 Å². The van der Waals surface area contributed by atoms with E-state index in [2.05, 4.69) is 41.5 Å². The Morgan fingerprint density at radius 3 is 0.929 bits per heavy atom. The van der Waals surface area contributed by atoms with Crippen molar-refractivity contribution in [2.75, 3.05) is 0 Å². The van der Waals surface area contributed by atoms with Crippen LogP contribution in [0.1, 0.15) is 68.2 Å². The van der Waals surface area contributed by atoms with Gasteiger partial charge in [0.2, 0.25) is 0 Å². The Morgan fingerprint density at radius 2 is 0.857 bits per heavy atom. The van der Waals surface area contributed by atoms with Crippen LogP contribution in [-0.2, 0) is 0 Å². The van der Waals surface area contributed by atoms with Crippen LogP contribution in [0.5, 0.6) is 0 Å². The highest BCUT2D eigenvalue weighted by atomic mass is 14.5. The molecule has 0 bridgehead atoms. The summed E-state index contributed by atoms with van der Waals surface area (Å²) < 4.78 is 0. The summed E-state index contributed by atoms with van der Waals surface area (Å²) in [5.74, 6) is 1.91. The Kier molecular flexibility index (Phi) is 4.68. The van der Waals surface area contributed by atoms with Crippen molar-refractivity contribution in [3.8, 4) is 0 Å². The molecule has 0 N–H and O–H groups in total. The van der Waals surface area contributed by atoms with Crippen LogP contribution in [0.2, 0.25) is 0 Å². The molecule has 2 unspecified atom stereocenters. The van der Waals surface area contributed by atoms with Crippen LogP contribution in [0.3, 0.4) is 0 Å². The normalized spacial score (nSPS) is 27.4. The molecule has 0 aliphatic heterocycles. The highest BCUT2D eigenvalue weighted by Gasteiger charge is 2.44. The van der Waals surface area contributed by atoms with Gasteiger partial charge in [0.25, 0.3) is 0 Å². The lowest BCUT2D eigenvalue weighted by Crippen LogP contribution is -2.43. The third-order valence-corrected chi connectivity index (χ3v) is 3.50. The van der Waals surface area contributed by atoms with Crippen LogP contribution < -0.4 is 0 Å². The molecule has 0 nitrogen and oxygen atoms in total. The molecule has 0 aromatic heterocycles. The van der Waals surface area contributed by atoms with Crippen molar-refractivity contribution >= 4 is 0 Å². The van der Waals surface area contributed by atoms with Crippen molar-refractivity contribution < 1.29 is 0 Å². The molecule has 14 heavy (non-hydrogen) atoms. The standard InChI is InChI=1S/C12H24.C2H6/c1-11(2,3)9-7-8-10(9)12(4,5)6;1-2/h9-10H,7-8H2,1-6H3;1-2H3. The molecular weight excluding hydrogens is 168 g/mol. The fourth-order valence-corrected chi connectivity index (χ4v) is 2.57. The average molecular weight is 198 g/mol. The van der Waals surface area contributed by atoms with E-state index < -0.39 is 0 Å². The van der Waals surface area contributed by atoms with E-state index in [1.165, 1.54) is 12.8 Å². The molecule has 0 heteroatoms. The minimum Gasteiger partial charge on any atom is -0.0683 e. The zero-order valence-electron chi connectivity index (χ0n) is 11.6. The second-order valence-electron chi connectivity index (χ2n) is 6.52. The van der Waals surface area contributed by atoms with E-state index in [1.54, 1.807) is 0 Å². The van der Waals surface area contributed by atoms with Crippen molar-refractivity contribution in [1.82, 2.24) is 0 Å². The zero-order chi connectivity index (χ0) is 11.6. The summed E-state index contributed by atoms with van der Waals surface area (Å²) in [6, 6.07) is 0. The van der Waals surface area contributed by atoms with Crippen molar-refractivity contribution in [3.63, 3.8) is 0 Å². The molecule has 0 aromatic rings. The summed E-state index contributed by atoms with van der Waals surface area (Å²) in [7, 11) is 0. The van der Waals surface area contributed by atoms with Gasteiger partial charge in [-0.15, -0.1) is 0 Å². The monoisotopic (exact) mass is 198 g/mol. The molecule has 1 fully saturated rings. The molecule has 1 rings (SSSR count). The Morgan fingerprint density at radius 1 is 0.643 bits per heavy atom. The van der Waals surface area contributed by atoms with Crippen LogP contribution in [0.4, 0.5) is 0 Å². The molecule has 0 saturated heterocycles. The summed E-state index contributed by atoms with van der Waals surface area (Å²) in [6.07, 6.45) is 2.90. The maximum Gasteiger partial charge on any atom is -0.0332 e. The highest BCUT2D eigenvalue weighted by molar-refractivity contribution is 4.94. The van der Waals surface area contributed by atoms with Gasteiger partial charge in [-0.1, -0.05) is 55.4 Å². The molecule has 86 valence electrons. The fourth-order valence-electron chi connectivity index (χ4n) is 2.57. The topological polar surface area (TPSA) is 0 Å². The zero-order valence-corrected chi connectivity index (χ0v) is 11.6. The van der Waals surface area contributed by atoms with Crippen LogP contribution >= 0.6 is 0 Å². The van der Waals surface area contributed by atoms with Crippen LogP contribution in [-0.4, -0.2) is 0 Å². The number of hydrogen-bond donors (Lipinski definition) is 0. The van der Waals surface area contributed by atoms with Crippen LogP contribution in [0.25, 0.3) is 0 Å². The van der Waals surface area contributed by atoms with E-state index in [-0.39, 0.29) is 0 Å². The molecule has 1 aliphatic rings. The van der Waals surface area contributed by atoms with Crippen molar-refractivity contribution in [1.29, 1.82) is 0 Å². The van der Waals surface area contributed by atoms with Gasteiger partial charge in [0, 0.05) is 0 Å². The van der Waals surface area contributed by atoms with E-state index in [0.717, 1.165) is 11.8 Å². The van der Waals surface area contributed by atoms with E-state index in [4.69, 9.17) is 0 Å². The third-order valence-electron chi connectivity index (χ3n) is 3.50. The largest absolute Gasteiger partial charge is 0.0683 e. The maximum absolute atomic E-state index is 2.38. The molecule has 2 atom stereocenters. The van der Waals surface area contributed by atoms with E-state index >= 15 is 0 Å². The van der Waals surface area contributed by atoms with Crippen molar-refractivity contribution in [2.45, 2.75) is 68.2 Å². The average Bonchev–Trinajstić information content (AvgIpc) is 1.80. The van der Waals surface area contributed by atoms with E-state index in [0.29, 0.717) is 10.8 Å². The SMILES string of the molecule is CC.CC(C)(C)C1CCC1C(C)(C)C. The van der Waals surface area contributed by atoms with Gasteiger partial charge in [-0.2, -0.15) is 0 Å². The third kappa shape index (κ3) is 3.29. The minimum absolute atomic E-state index is 0.524.